The molecule has 12 heteroatoms. The third-order valence-electron chi connectivity index (χ3n) is 3.74. The van der Waals surface area contributed by atoms with Crippen LogP contribution >= 0.6 is 0 Å². The van der Waals surface area contributed by atoms with Gasteiger partial charge in [-0.2, -0.15) is 29.8 Å². The van der Waals surface area contributed by atoms with Crippen molar-refractivity contribution < 1.29 is 8.78 Å². The van der Waals surface area contributed by atoms with Crippen LogP contribution in [-0.4, -0.2) is 29.9 Å². The van der Waals surface area contributed by atoms with Gasteiger partial charge in [-0.25, -0.2) is 29.9 Å². The monoisotopic (exact) mass is 370 g/mol. The molecule has 0 amide bonds. The Labute approximate surface area is 152 Å². The second kappa shape index (κ2) is 5.80. The summed E-state index contributed by atoms with van der Waals surface area (Å²) in [5, 5.41) is 36.8. The highest BCUT2D eigenvalue weighted by Gasteiger charge is 2.24. The van der Waals surface area contributed by atoms with E-state index in [-0.39, 0.29) is 44.2 Å². The van der Waals surface area contributed by atoms with Crippen molar-refractivity contribution in [3.05, 3.63) is 34.9 Å². The van der Waals surface area contributed by atoms with Gasteiger partial charge in [-0.15, -0.1) is 0 Å². The van der Waals surface area contributed by atoms with Gasteiger partial charge in [0.1, 0.15) is 46.3 Å². The molecule has 4 aromatic rings. The summed E-state index contributed by atoms with van der Waals surface area (Å²) in [4.78, 5) is 22.4. The van der Waals surface area contributed by atoms with Crippen LogP contribution in [0, 0.1) is 57.2 Å². The van der Waals surface area contributed by atoms with Crippen molar-refractivity contribution in [3.8, 4) is 24.3 Å². The Morgan fingerprint density at radius 1 is 0.500 bits per heavy atom. The van der Waals surface area contributed by atoms with E-state index in [1.807, 2.05) is 0 Å². The number of hydrogen-bond acceptors (Lipinski definition) is 10. The Morgan fingerprint density at radius 3 is 1.18 bits per heavy atom. The van der Waals surface area contributed by atoms with E-state index in [1.54, 1.807) is 24.3 Å². The number of rotatable bonds is 0. The zero-order chi connectivity index (χ0) is 20.0. The summed E-state index contributed by atoms with van der Waals surface area (Å²) in [6.45, 7) is 0. The molecule has 0 aliphatic rings. The topological polar surface area (TPSA) is 172 Å². The van der Waals surface area contributed by atoms with Crippen molar-refractivity contribution >= 4 is 32.8 Å². The highest BCUT2D eigenvalue weighted by atomic mass is 19.2. The van der Waals surface area contributed by atoms with Crippen LogP contribution in [0.5, 0.6) is 0 Å². The summed E-state index contributed by atoms with van der Waals surface area (Å²) in [6, 6.07) is 6.80. The number of aromatic nitrogens is 6. The van der Waals surface area contributed by atoms with E-state index in [9.17, 15) is 19.3 Å². The molecular weight excluding hydrogens is 370 g/mol. The standard InChI is InChI=1S/C16F2N10/c17-15-16(18)28-14-10-6(2-20)24-8(4-22)26-12(10)11-9(13(14)27-15)5(1-19)23-7(3-21)25-11. The van der Waals surface area contributed by atoms with Crippen LogP contribution in [0.3, 0.4) is 0 Å². The van der Waals surface area contributed by atoms with E-state index < -0.39 is 23.5 Å². The molecule has 1 aromatic carbocycles. The maximum absolute atomic E-state index is 13.8. The normalized spacial score (nSPS) is 10.4. The fourth-order valence-electron chi connectivity index (χ4n) is 2.72. The van der Waals surface area contributed by atoms with Gasteiger partial charge in [0.25, 0.3) is 11.9 Å². The lowest BCUT2D eigenvalue weighted by molar-refractivity contribution is 0.459. The minimum absolute atomic E-state index is 0.151. The van der Waals surface area contributed by atoms with Crippen molar-refractivity contribution in [2.24, 2.45) is 0 Å². The zero-order valence-electron chi connectivity index (χ0n) is 13.2. The third kappa shape index (κ3) is 2.13. The lowest BCUT2D eigenvalue weighted by Gasteiger charge is -2.09. The van der Waals surface area contributed by atoms with E-state index in [2.05, 4.69) is 29.9 Å². The van der Waals surface area contributed by atoms with Gasteiger partial charge in [0, 0.05) is 0 Å². The summed E-state index contributed by atoms with van der Waals surface area (Å²) in [5.74, 6) is -3.91. The van der Waals surface area contributed by atoms with E-state index >= 15 is 0 Å². The van der Waals surface area contributed by atoms with Crippen LogP contribution in [0.2, 0.25) is 0 Å². The Kier molecular flexibility index (Phi) is 3.42. The average molecular weight is 370 g/mol. The molecule has 0 saturated heterocycles. The van der Waals surface area contributed by atoms with Crippen LogP contribution in [0.25, 0.3) is 32.8 Å². The van der Waals surface area contributed by atoms with Crippen molar-refractivity contribution in [3.63, 3.8) is 0 Å². The molecule has 0 spiro atoms. The predicted molar refractivity (Wildman–Crippen MR) is 84.5 cm³/mol. The first-order valence-corrected chi connectivity index (χ1v) is 7.21. The molecule has 3 aromatic heterocycles. The Morgan fingerprint density at radius 2 is 0.857 bits per heavy atom. The van der Waals surface area contributed by atoms with Crippen molar-refractivity contribution in [2.75, 3.05) is 0 Å². The van der Waals surface area contributed by atoms with Crippen molar-refractivity contribution in [1.29, 1.82) is 21.0 Å². The van der Waals surface area contributed by atoms with Crippen LogP contribution < -0.4 is 0 Å². The molecule has 4 rings (SSSR count). The van der Waals surface area contributed by atoms with Crippen LogP contribution in [-0.2, 0) is 0 Å². The highest BCUT2D eigenvalue weighted by molar-refractivity contribution is 6.22. The molecule has 0 fully saturated rings. The summed E-state index contributed by atoms with van der Waals surface area (Å²) < 4.78 is 27.6. The first-order chi connectivity index (χ1) is 13.5. The molecule has 28 heavy (non-hydrogen) atoms. The number of hydrogen-bond donors (Lipinski definition) is 0. The molecule has 128 valence electrons. The smallest absolute Gasteiger partial charge is 0.216 e. The summed E-state index contributed by atoms with van der Waals surface area (Å²) >= 11 is 0. The van der Waals surface area contributed by atoms with Gasteiger partial charge in [-0.3, -0.25) is 0 Å². The van der Waals surface area contributed by atoms with Crippen molar-refractivity contribution in [1.82, 2.24) is 29.9 Å². The van der Waals surface area contributed by atoms with Gasteiger partial charge in [0.2, 0.25) is 11.6 Å². The second-order valence-corrected chi connectivity index (χ2v) is 5.19. The van der Waals surface area contributed by atoms with Crippen molar-refractivity contribution in [2.45, 2.75) is 0 Å². The Bertz CT molecular complexity index is 1420. The van der Waals surface area contributed by atoms with Gasteiger partial charge in [-0.05, 0) is 0 Å². The number of nitriles is 4. The lowest BCUT2D eigenvalue weighted by Crippen LogP contribution is -2.05. The van der Waals surface area contributed by atoms with Crippen LogP contribution in [0.4, 0.5) is 8.78 Å². The van der Waals surface area contributed by atoms with E-state index in [0.29, 0.717) is 0 Å². The Balaban J connectivity index is 2.49. The second-order valence-electron chi connectivity index (χ2n) is 5.19. The third-order valence-corrected chi connectivity index (χ3v) is 3.74. The van der Waals surface area contributed by atoms with Gasteiger partial charge in [0.15, 0.2) is 11.4 Å². The van der Waals surface area contributed by atoms with E-state index in [4.69, 9.17) is 10.5 Å². The number of benzene rings is 1. The zero-order valence-corrected chi connectivity index (χ0v) is 13.2. The number of fused-ring (bicyclic) bond motifs is 6. The van der Waals surface area contributed by atoms with Crippen LogP contribution in [0.15, 0.2) is 0 Å². The Hall–Kier alpha value is -4.94. The largest absolute Gasteiger partial charge is 0.269 e. The minimum atomic E-state index is -1.55. The summed E-state index contributed by atoms with van der Waals surface area (Å²) in [5.41, 5.74) is -1.64. The molecule has 0 bridgehead atoms. The van der Waals surface area contributed by atoms with Gasteiger partial charge < -0.3 is 0 Å². The van der Waals surface area contributed by atoms with Gasteiger partial charge in [-0.1, -0.05) is 0 Å². The first-order valence-electron chi connectivity index (χ1n) is 7.21. The maximum atomic E-state index is 13.8. The fourth-order valence-corrected chi connectivity index (χ4v) is 2.72. The minimum Gasteiger partial charge on any atom is -0.216 e. The number of halogens is 2. The SMILES string of the molecule is N#Cc1nc(C#N)c2c(n1)c1nc(C#N)nc(C#N)c1c1nc(F)c(F)nc12. The molecule has 3 heterocycles. The fraction of sp³-hybridized carbons (Fsp3) is 0. The van der Waals surface area contributed by atoms with Crippen LogP contribution in [0.1, 0.15) is 23.0 Å². The molecule has 10 nitrogen and oxygen atoms in total. The maximum Gasteiger partial charge on any atom is 0.269 e. The molecule has 0 saturated carbocycles. The lowest BCUT2D eigenvalue weighted by atomic mass is 10.0. The van der Waals surface area contributed by atoms with Gasteiger partial charge in [0.05, 0.1) is 10.8 Å². The van der Waals surface area contributed by atoms with Gasteiger partial charge >= 0.3 is 0 Å². The van der Waals surface area contributed by atoms with E-state index in [0.717, 1.165) is 0 Å². The molecule has 0 N–H and O–H groups in total. The average Bonchev–Trinajstić information content (AvgIpc) is 2.73. The molecule has 0 aliphatic carbocycles. The first kappa shape index (κ1) is 16.5. The molecular formula is C16F2N10. The molecule has 0 unspecified atom stereocenters. The molecule has 0 atom stereocenters. The molecule has 0 aliphatic heterocycles. The highest BCUT2D eigenvalue weighted by Crippen LogP contribution is 2.34. The molecule has 0 radical (unpaired) electrons. The van der Waals surface area contributed by atoms with E-state index in [1.165, 1.54) is 0 Å². The summed E-state index contributed by atoms with van der Waals surface area (Å²) in [7, 11) is 0. The summed E-state index contributed by atoms with van der Waals surface area (Å²) in [6.07, 6.45) is 0. The number of nitrogens with zero attached hydrogens (tertiary/aromatic N) is 10. The quantitative estimate of drug-likeness (QED) is 0.410. The predicted octanol–water partition coefficient (Wildman–Crippen LogP) is 1.28.